The number of carbonyl (C=O) groups excluding carboxylic acids is 5. The van der Waals surface area contributed by atoms with E-state index in [2.05, 4.69) is 16.0 Å². The Morgan fingerprint density at radius 3 is 2.43 bits per heavy atom. The highest BCUT2D eigenvalue weighted by Gasteiger charge is 2.41. The number of carbonyl (C=O) groups is 5. The monoisotopic (exact) mass is 637 g/mol. The van der Waals surface area contributed by atoms with Crippen molar-refractivity contribution in [1.29, 1.82) is 0 Å². The lowest BCUT2D eigenvalue weighted by molar-refractivity contribution is -0.147. The largest absolute Gasteiger partial charge is 0.417 e. The topological polar surface area (TPSA) is 156 Å². The van der Waals surface area contributed by atoms with Crippen molar-refractivity contribution in [2.75, 3.05) is 13.7 Å². The Kier molecular flexibility index (Phi) is 11.9. The summed E-state index contributed by atoms with van der Waals surface area (Å²) in [4.78, 5) is 88.6. The molecule has 2 aliphatic heterocycles. The van der Waals surface area contributed by atoms with Gasteiger partial charge in [0.1, 0.15) is 37.1 Å². The van der Waals surface area contributed by atoms with Crippen molar-refractivity contribution in [2.24, 2.45) is 5.92 Å². The van der Waals surface area contributed by atoms with Crippen LogP contribution >= 0.6 is 0 Å². The molecule has 0 unspecified atom stereocenters. The van der Waals surface area contributed by atoms with Crippen LogP contribution in [0.5, 0.6) is 0 Å². The first kappa shape index (κ1) is 34.6. The Bertz CT molecular complexity index is 1500. The minimum absolute atomic E-state index is 0.0437. The number of amides is 4. The molecule has 2 fully saturated rings. The molecule has 2 aromatic rings. The van der Waals surface area contributed by atoms with E-state index in [9.17, 15) is 28.8 Å². The second kappa shape index (κ2) is 15.9. The molecular weight excluding hydrogens is 590 g/mol. The predicted molar refractivity (Wildman–Crippen MR) is 173 cm³/mol. The smallest absolute Gasteiger partial charge is 0.248 e. The molecule has 1 aromatic heterocycles. The Labute approximate surface area is 269 Å². The zero-order valence-corrected chi connectivity index (χ0v) is 27.3. The summed E-state index contributed by atoms with van der Waals surface area (Å²) in [6.45, 7) is 5.93. The number of Topliss-reactive ketones (excluding diaryl/α,β-unsaturated/α-hetero) is 1. The SMILES string of the molecule is CCC(=O)CCCCC[C@@H]1NC(=O)[C@H]2CCCCN2C(=O)[C@H]([C@H](C)CC)NC(=O)[C@H](c2cn(OC)c3ccccc3c2=O)NC1=O. The number of aromatic nitrogens is 1. The van der Waals surface area contributed by atoms with Gasteiger partial charge in [0, 0.05) is 24.8 Å². The number of unbranched alkanes of at least 4 members (excludes halogenated alkanes) is 2. The molecule has 46 heavy (non-hydrogen) atoms. The summed E-state index contributed by atoms with van der Waals surface area (Å²) >= 11 is 0. The molecule has 2 saturated heterocycles. The number of hydrogen-bond acceptors (Lipinski definition) is 7. The maximum absolute atomic E-state index is 14.2. The molecule has 0 aliphatic carbocycles. The Morgan fingerprint density at radius 1 is 0.957 bits per heavy atom. The summed E-state index contributed by atoms with van der Waals surface area (Å²) in [6, 6.07) is 2.50. The molecule has 12 nitrogen and oxygen atoms in total. The zero-order valence-electron chi connectivity index (χ0n) is 27.3. The van der Waals surface area contributed by atoms with Crippen LogP contribution in [0.4, 0.5) is 0 Å². The van der Waals surface area contributed by atoms with E-state index in [1.165, 1.54) is 22.9 Å². The molecule has 0 spiro atoms. The lowest BCUT2D eigenvalue weighted by atomic mass is 9.93. The van der Waals surface area contributed by atoms with Gasteiger partial charge in [-0.05, 0) is 50.2 Å². The van der Waals surface area contributed by atoms with Gasteiger partial charge in [-0.15, -0.1) is 0 Å². The number of pyridine rings is 1. The standard InChI is InChI=1S/C34H47N5O7/c1-5-21(3)28-34(45)38-19-13-12-18-27(38)32(43)35-25(16-9-7-8-14-22(40)6-2)31(42)37-29(33(44)36-28)24-20-39(46-4)26-17-11-10-15-23(26)30(24)41/h10-11,15,17,20-21,25,27-29H,5-9,12-14,16,18-19H2,1-4H3,(H,35,43)(H,36,44)(H,37,42)/t21-,25+,27-,28+,29+/m1/s1. The lowest BCUT2D eigenvalue weighted by Crippen LogP contribution is -2.63. The predicted octanol–water partition coefficient (Wildman–Crippen LogP) is 2.56. The average Bonchev–Trinajstić information content (AvgIpc) is 3.07. The number of hydrogen-bond donors (Lipinski definition) is 3. The molecular formula is C34H47N5O7. The minimum Gasteiger partial charge on any atom is -0.417 e. The van der Waals surface area contributed by atoms with Crippen LogP contribution in [0, 0.1) is 5.92 Å². The van der Waals surface area contributed by atoms with Crippen molar-refractivity contribution in [3.8, 4) is 0 Å². The van der Waals surface area contributed by atoms with Crippen LogP contribution in [-0.4, -0.2) is 70.8 Å². The van der Waals surface area contributed by atoms with Gasteiger partial charge in [0.25, 0.3) is 0 Å². The fourth-order valence-corrected chi connectivity index (χ4v) is 6.28. The van der Waals surface area contributed by atoms with Gasteiger partial charge in [-0.3, -0.25) is 28.8 Å². The third-order valence-electron chi connectivity index (χ3n) is 9.30. The second-order valence-corrected chi connectivity index (χ2v) is 12.3. The van der Waals surface area contributed by atoms with Crippen LogP contribution in [-0.2, 0) is 24.0 Å². The fraction of sp³-hybridized carbons (Fsp3) is 0.588. The summed E-state index contributed by atoms with van der Waals surface area (Å²) in [7, 11) is 1.42. The summed E-state index contributed by atoms with van der Waals surface area (Å²) in [5.41, 5.74) is -0.0351. The Balaban J connectivity index is 1.76. The van der Waals surface area contributed by atoms with E-state index in [1.54, 1.807) is 24.3 Å². The van der Waals surface area contributed by atoms with Gasteiger partial charge in [0.05, 0.1) is 17.3 Å². The fourth-order valence-electron chi connectivity index (χ4n) is 6.28. The van der Waals surface area contributed by atoms with E-state index in [-0.39, 0.29) is 35.0 Å². The molecule has 0 saturated carbocycles. The Morgan fingerprint density at radius 2 is 1.72 bits per heavy atom. The molecule has 3 N–H and O–H groups in total. The number of fused-ring (bicyclic) bond motifs is 2. The van der Waals surface area contributed by atoms with Crippen LogP contribution < -0.4 is 26.2 Å². The normalized spacial score (nSPS) is 23.3. The number of para-hydroxylation sites is 1. The summed E-state index contributed by atoms with van der Waals surface area (Å²) < 4.78 is 1.36. The lowest BCUT2D eigenvalue weighted by Gasteiger charge is -2.39. The van der Waals surface area contributed by atoms with Gasteiger partial charge in [-0.1, -0.05) is 52.2 Å². The van der Waals surface area contributed by atoms with Crippen molar-refractivity contribution >= 4 is 40.3 Å². The van der Waals surface area contributed by atoms with E-state index < -0.39 is 47.3 Å². The van der Waals surface area contributed by atoms with Crippen molar-refractivity contribution in [1.82, 2.24) is 25.6 Å². The first-order chi connectivity index (χ1) is 22.1. The van der Waals surface area contributed by atoms with E-state index in [0.717, 1.165) is 6.42 Å². The molecule has 1 aromatic carbocycles. The number of piperidine rings is 1. The van der Waals surface area contributed by atoms with E-state index in [0.29, 0.717) is 63.4 Å². The average molecular weight is 638 g/mol. The minimum atomic E-state index is -1.48. The van der Waals surface area contributed by atoms with Crippen LogP contribution in [0.15, 0.2) is 35.3 Å². The molecule has 0 radical (unpaired) electrons. The maximum Gasteiger partial charge on any atom is 0.248 e. The van der Waals surface area contributed by atoms with Gasteiger partial charge in [-0.2, -0.15) is 4.73 Å². The van der Waals surface area contributed by atoms with Gasteiger partial charge in [-0.25, -0.2) is 0 Å². The number of nitrogens with one attached hydrogen (secondary N) is 3. The number of nitrogens with zero attached hydrogens (tertiary/aromatic N) is 2. The van der Waals surface area contributed by atoms with E-state index >= 15 is 0 Å². The highest BCUT2D eigenvalue weighted by molar-refractivity contribution is 5.98. The summed E-state index contributed by atoms with van der Waals surface area (Å²) in [5, 5.41) is 8.77. The van der Waals surface area contributed by atoms with Crippen molar-refractivity contribution in [2.45, 2.75) is 109 Å². The van der Waals surface area contributed by atoms with Crippen molar-refractivity contribution in [3.05, 3.63) is 46.2 Å². The van der Waals surface area contributed by atoms with Crippen LogP contribution in [0.2, 0.25) is 0 Å². The quantitative estimate of drug-likeness (QED) is 0.320. The van der Waals surface area contributed by atoms with Gasteiger partial charge < -0.3 is 25.7 Å². The molecule has 250 valence electrons. The molecule has 12 heteroatoms. The molecule has 2 aliphatic rings. The van der Waals surface area contributed by atoms with Crippen LogP contribution in [0.25, 0.3) is 10.9 Å². The number of ketones is 1. The number of rotatable bonds is 11. The highest BCUT2D eigenvalue weighted by atomic mass is 16.6. The maximum atomic E-state index is 14.2. The number of benzene rings is 1. The first-order valence-corrected chi connectivity index (χ1v) is 16.5. The van der Waals surface area contributed by atoms with E-state index in [4.69, 9.17) is 4.84 Å². The first-order valence-electron chi connectivity index (χ1n) is 16.5. The van der Waals surface area contributed by atoms with Gasteiger partial charge >= 0.3 is 0 Å². The summed E-state index contributed by atoms with van der Waals surface area (Å²) in [5.74, 6) is -2.24. The third kappa shape index (κ3) is 7.76. The highest BCUT2D eigenvalue weighted by Crippen LogP contribution is 2.24. The molecule has 4 rings (SSSR count). The molecule has 0 bridgehead atoms. The van der Waals surface area contributed by atoms with E-state index in [1.807, 2.05) is 20.8 Å². The van der Waals surface area contributed by atoms with Crippen molar-refractivity contribution in [3.63, 3.8) is 0 Å². The Hall–Kier alpha value is -4.22. The molecule has 3 heterocycles. The van der Waals surface area contributed by atoms with Crippen molar-refractivity contribution < 1.29 is 28.8 Å². The van der Waals surface area contributed by atoms with Gasteiger partial charge in [0.15, 0.2) is 5.43 Å². The molecule has 4 amide bonds. The van der Waals surface area contributed by atoms with Crippen LogP contribution in [0.1, 0.15) is 96.6 Å². The van der Waals surface area contributed by atoms with Gasteiger partial charge in [0.2, 0.25) is 23.6 Å². The summed E-state index contributed by atoms with van der Waals surface area (Å²) in [6.07, 6.45) is 6.90. The van der Waals surface area contributed by atoms with Crippen LogP contribution in [0.3, 0.4) is 0 Å². The second-order valence-electron chi connectivity index (χ2n) is 12.3. The molecule has 5 atom stereocenters. The third-order valence-corrected chi connectivity index (χ3v) is 9.30. The zero-order chi connectivity index (χ0) is 33.4.